The zero-order valence-corrected chi connectivity index (χ0v) is 39.2. The van der Waals surface area contributed by atoms with E-state index in [4.69, 9.17) is 0 Å². The van der Waals surface area contributed by atoms with Crippen LogP contribution in [0.3, 0.4) is 0 Å². The highest BCUT2D eigenvalue weighted by molar-refractivity contribution is 6.00. The van der Waals surface area contributed by atoms with Gasteiger partial charge in [-0.15, -0.1) is 0 Å². The molecular formula is C66H54N4. The molecule has 11 rings (SSSR count). The van der Waals surface area contributed by atoms with E-state index in [1.807, 2.05) is 0 Å². The fraction of sp³-hybridized carbons (Fsp3) is 0.0606. The van der Waals surface area contributed by atoms with Crippen LogP contribution in [0, 0.1) is 0 Å². The molecule has 0 aliphatic heterocycles. The molecule has 0 saturated carbocycles. The number of rotatable bonds is 16. The minimum absolute atomic E-state index is 0.691. The first kappa shape index (κ1) is 43.7. The highest BCUT2D eigenvalue weighted by Gasteiger charge is 2.21. The molecular weight excluding hydrogens is 849 g/mol. The van der Waals surface area contributed by atoms with Crippen molar-refractivity contribution in [3.8, 4) is 0 Å². The van der Waals surface area contributed by atoms with Crippen LogP contribution >= 0.6 is 0 Å². The van der Waals surface area contributed by atoms with Gasteiger partial charge in [0.2, 0.25) is 0 Å². The Kier molecular flexibility index (Phi) is 12.8. The average molecular weight is 903 g/mol. The second kappa shape index (κ2) is 20.6. The van der Waals surface area contributed by atoms with E-state index >= 15 is 0 Å². The Labute approximate surface area is 412 Å². The number of fused-ring (bicyclic) bond motifs is 2. The van der Waals surface area contributed by atoms with Crippen LogP contribution in [-0.4, -0.2) is 0 Å². The van der Waals surface area contributed by atoms with Crippen molar-refractivity contribution in [1.29, 1.82) is 0 Å². The quantitative estimate of drug-likeness (QED) is 0.0896. The van der Waals surface area contributed by atoms with Crippen LogP contribution < -0.4 is 19.6 Å². The summed E-state index contributed by atoms with van der Waals surface area (Å²) in [4.78, 5) is 9.77. The molecule has 4 heteroatoms. The van der Waals surface area contributed by atoms with Gasteiger partial charge in [0.1, 0.15) is 0 Å². The molecule has 0 atom stereocenters. The van der Waals surface area contributed by atoms with Crippen LogP contribution in [0.15, 0.2) is 279 Å². The normalized spacial score (nSPS) is 11.1. The fourth-order valence-electron chi connectivity index (χ4n) is 9.75. The zero-order valence-electron chi connectivity index (χ0n) is 39.2. The fourth-order valence-corrected chi connectivity index (χ4v) is 9.75. The van der Waals surface area contributed by atoms with Gasteiger partial charge in [-0.05, 0) is 177 Å². The van der Waals surface area contributed by atoms with Crippen LogP contribution in [0.5, 0.6) is 0 Å². The molecule has 0 aliphatic rings. The van der Waals surface area contributed by atoms with Crippen molar-refractivity contribution in [2.24, 2.45) is 0 Å². The van der Waals surface area contributed by atoms with E-state index in [-0.39, 0.29) is 0 Å². The molecule has 0 aromatic heterocycles. The molecule has 0 unspecified atom stereocenters. The highest BCUT2D eigenvalue weighted by atomic mass is 15.2. The van der Waals surface area contributed by atoms with Crippen molar-refractivity contribution in [2.45, 2.75) is 26.2 Å². The molecule has 0 amide bonds. The van der Waals surface area contributed by atoms with Gasteiger partial charge in [-0.25, -0.2) is 0 Å². The van der Waals surface area contributed by atoms with E-state index in [1.165, 1.54) is 43.8 Å². The Bertz CT molecular complexity index is 2790. The van der Waals surface area contributed by atoms with Crippen LogP contribution in [-0.2, 0) is 26.2 Å². The minimum Gasteiger partial charge on any atom is -0.337 e. The summed E-state index contributed by atoms with van der Waals surface area (Å²) < 4.78 is 0. The predicted molar refractivity (Wildman–Crippen MR) is 296 cm³/mol. The molecule has 338 valence electrons. The minimum atomic E-state index is 0.691. The SMILES string of the molecule is c1ccc(N(Cc2cc3cc4cc(CN(c5ccccc5)c5ccccc5)c(CN(c5ccccc5)c5ccccc5)cc4cc3cc2CN(c2ccccc2)c2ccccc2)c2ccccc2)cc1. The lowest BCUT2D eigenvalue weighted by Crippen LogP contribution is -2.21. The molecule has 11 aromatic rings. The molecule has 0 radical (unpaired) electrons. The maximum absolute atomic E-state index is 2.46. The number of para-hydroxylation sites is 8. The molecule has 11 aromatic carbocycles. The van der Waals surface area contributed by atoms with Gasteiger partial charge in [0, 0.05) is 71.7 Å². The van der Waals surface area contributed by atoms with E-state index in [0.717, 1.165) is 45.5 Å². The van der Waals surface area contributed by atoms with Crippen LogP contribution in [0.25, 0.3) is 21.5 Å². The Morgan fingerprint density at radius 3 is 0.457 bits per heavy atom. The average Bonchev–Trinajstić information content (AvgIpc) is 3.44. The summed E-state index contributed by atoms with van der Waals surface area (Å²) >= 11 is 0. The summed E-state index contributed by atoms with van der Waals surface area (Å²) in [6, 6.07) is 101. The maximum atomic E-state index is 2.46. The molecule has 0 heterocycles. The molecule has 4 nitrogen and oxygen atoms in total. The van der Waals surface area contributed by atoms with E-state index in [1.54, 1.807) is 0 Å². The standard InChI is InChI=1S/C66H54N4/c1-9-25-59(26-10-1)67(60-27-11-2-12-28-60)47-55-43-51-41-53-45-57(49-69(63-33-17-5-18-34-63)64-35-19-6-20-36-64)58(50-70(65-37-21-7-22-38-65)66-39-23-8-24-40-66)46-54(53)42-52(51)44-56(55)48-68(61-29-13-3-14-30-61)62-31-15-4-16-32-62/h1-46H,47-50H2. The second-order valence-corrected chi connectivity index (χ2v) is 17.8. The van der Waals surface area contributed by atoms with E-state index in [2.05, 4.69) is 299 Å². The Morgan fingerprint density at radius 2 is 0.314 bits per heavy atom. The van der Waals surface area contributed by atoms with Crippen molar-refractivity contribution in [1.82, 2.24) is 0 Å². The van der Waals surface area contributed by atoms with Gasteiger partial charge in [-0.3, -0.25) is 0 Å². The Balaban J connectivity index is 1.10. The third-order valence-electron chi connectivity index (χ3n) is 13.3. The molecule has 0 aliphatic carbocycles. The third-order valence-corrected chi connectivity index (χ3v) is 13.3. The van der Waals surface area contributed by atoms with Crippen molar-refractivity contribution in [2.75, 3.05) is 19.6 Å². The number of hydrogen-bond acceptors (Lipinski definition) is 4. The number of anilines is 8. The van der Waals surface area contributed by atoms with Crippen LogP contribution in [0.2, 0.25) is 0 Å². The molecule has 0 saturated heterocycles. The summed E-state index contributed by atoms with van der Waals surface area (Å²) in [5.41, 5.74) is 14.3. The topological polar surface area (TPSA) is 13.0 Å². The van der Waals surface area contributed by atoms with Crippen LogP contribution in [0.1, 0.15) is 22.3 Å². The first-order valence-electron chi connectivity index (χ1n) is 24.2. The summed E-state index contributed by atoms with van der Waals surface area (Å²) in [6.45, 7) is 2.77. The number of nitrogens with zero attached hydrogens (tertiary/aromatic N) is 4. The maximum Gasteiger partial charge on any atom is 0.0485 e. The molecule has 0 N–H and O–H groups in total. The van der Waals surface area contributed by atoms with Gasteiger partial charge in [-0.1, -0.05) is 146 Å². The predicted octanol–water partition coefficient (Wildman–Crippen LogP) is 17.3. The summed E-state index contributed by atoms with van der Waals surface area (Å²) in [5, 5.41) is 4.87. The summed E-state index contributed by atoms with van der Waals surface area (Å²) in [5.74, 6) is 0. The molecule has 0 fully saturated rings. The van der Waals surface area contributed by atoms with Gasteiger partial charge >= 0.3 is 0 Å². The second-order valence-electron chi connectivity index (χ2n) is 17.8. The lowest BCUT2D eigenvalue weighted by atomic mass is 9.93. The smallest absolute Gasteiger partial charge is 0.0485 e. The molecule has 70 heavy (non-hydrogen) atoms. The van der Waals surface area contributed by atoms with Gasteiger partial charge < -0.3 is 19.6 Å². The van der Waals surface area contributed by atoms with E-state index in [0.29, 0.717) is 26.2 Å². The summed E-state index contributed by atoms with van der Waals surface area (Å²) in [6.07, 6.45) is 0. The van der Waals surface area contributed by atoms with Crippen LogP contribution in [0.4, 0.5) is 45.5 Å². The lowest BCUT2D eigenvalue weighted by molar-refractivity contribution is 0.911. The van der Waals surface area contributed by atoms with Crippen molar-refractivity contribution < 1.29 is 0 Å². The lowest BCUT2D eigenvalue weighted by Gasteiger charge is -2.30. The van der Waals surface area contributed by atoms with E-state index in [9.17, 15) is 0 Å². The Morgan fingerprint density at radius 1 is 0.171 bits per heavy atom. The van der Waals surface area contributed by atoms with Gasteiger partial charge in [0.25, 0.3) is 0 Å². The largest absolute Gasteiger partial charge is 0.337 e. The van der Waals surface area contributed by atoms with Crippen molar-refractivity contribution in [3.63, 3.8) is 0 Å². The first-order chi connectivity index (χ1) is 34.7. The van der Waals surface area contributed by atoms with Crippen molar-refractivity contribution in [3.05, 3.63) is 301 Å². The highest BCUT2D eigenvalue weighted by Crippen LogP contribution is 2.38. The summed E-state index contributed by atoms with van der Waals surface area (Å²) in [7, 11) is 0. The first-order valence-corrected chi connectivity index (χ1v) is 24.2. The Hall–Kier alpha value is -8.86. The van der Waals surface area contributed by atoms with Gasteiger partial charge in [0.05, 0.1) is 0 Å². The number of benzene rings is 11. The van der Waals surface area contributed by atoms with Crippen molar-refractivity contribution >= 4 is 67.0 Å². The van der Waals surface area contributed by atoms with Gasteiger partial charge in [0.15, 0.2) is 0 Å². The zero-order chi connectivity index (χ0) is 46.9. The number of hydrogen-bond donors (Lipinski definition) is 0. The van der Waals surface area contributed by atoms with E-state index < -0.39 is 0 Å². The van der Waals surface area contributed by atoms with Gasteiger partial charge in [-0.2, -0.15) is 0 Å². The monoisotopic (exact) mass is 902 g/mol. The third kappa shape index (κ3) is 9.76. The molecule has 0 bridgehead atoms. The molecule has 0 spiro atoms.